The van der Waals surface area contributed by atoms with Crippen LogP contribution in [-0.4, -0.2) is 21.0 Å². The fourth-order valence-electron chi connectivity index (χ4n) is 2.14. The predicted molar refractivity (Wildman–Crippen MR) is 78.0 cm³/mol. The highest BCUT2D eigenvalue weighted by atomic mass is 16.4. The number of pyridine rings is 1. The summed E-state index contributed by atoms with van der Waals surface area (Å²) in [4.78, 5) is 18.7. The molecular weight excluding hydrogens is 252 g/mol. The Kier molecular flexibility index (Phi) is 3.05. The van der Waals surface area contributed by atoms with Crippen molar-refractivity contribution in [2.24, 2.45) is 0 Å². The molecule has 4 heteroatoms. The normalized spacial score (nSPS) is 11.7. The quantitative estimate of drug-likeness (QED) is 0.714. The zero-order valence-electron chi connectivity index (χ0n) is 10.6. The van der Waals surface area contributed by atoms with Crippen LogP contribution >= 0.6 is 0 Å². The van der Waals surface area contributed by atoms with E-state index in [-0.39, 0.29) is 5.57 Å². The molecule has 0 fully saturated rings. The molecule has 20 heavy (non-hydrogen) atoms. The van der Waals surface area contributed by atoms with E-state index >= 15 is 0 Å². The van der Waals surface area contributed by atoms with E-state index in [1.165, 1.54) is 0 Å². The molecule has 0 bridgehead atoms. The van der Waals surface area contributed by atoms with Crippen molar-refractivity contribution < 1.29 is 9.90 Å². The minimum absolute atomic E-state index is 0.260. The van der Waals surface area contributed by atoms with Gasteiger partial charge in [-0.15, -0.1) is 0 Å². The monoisotopic (exact) mass is 264 g/mol. The lowest BCUT2D eigenvalue weighted by Crippen LogP contribution is -1.99. The van der Waals surface area contributed by atoms with Gasteiger partial charge < -0.3 is 10.1 Å². The van der Waals surface area contributed by atoms with E-state index in [1.807, 2.05) is 30.3 Å². The summed E-state index contributed by atoms with van der Waals surface area (Å²) in [5, 5.41) is 10.3. The second-order valence-corrected chi connectivity index (χ2v) is 4.37. The van der Waals surface area contributed by atoms with Crippen LogP contribution in [0.5, 0.6) is 0 Å². The Morgan fingerprint density at radius 3 is 2.70 bits per heavy atom. The van der Waals surface area contributed by atoms with Gasteiger partial charge in [0, 0.05) is 23.3 Å². The van der Waals surface area contributed by atoms with Gasteiger partial charge in [0.15, 0.2) is 0 Å². The van der Waals surface area contributed by atoms with Crippen LogP contribution in [0.25, 0.3) is 22.7 Å². The van der Waals surface area contributed by atoms with Crippen LogP contribution in [-0.2, 0) is 4.79 Å². The highest BCUT2D eigenvalue weighted by Crippen LogP contribution is 2.23. The first-order chi connectivity index (χ1) is 9.75. The van der Waals surface area contributed by atoms with Crippen molar-refractivity contribution in [3.8, 4) is 0 Å². The number of fused-ring (bicyclic) bond motifs is 1. The molecule has 1 aromatic carbocycles. The zero-order chi connectivity index (χ0) is 13.9. The van der Waals surface area contributed by atoms with Crippen molar-refractivity contribution in [1.82, 2.24) is 9.97 Å². The number of carboxylic acids is 1. The highest BCUT2D eigenvalue weighted by molar-refractivity contribution is 6.21. The molecule has 0 atom stereocenters. The molecule has 2 aromatic heterocycles. The zero-order valence-corrected chi connectivity index (χ0v) is 10.6. The molecule has 98 valence electrons. The van der Waals surface area contributed by atoms with Crippen LogP contribution in [0.2, 0.25) is 0 Å². The number of hydrogen-bond donors (Lipinski definition) is 2. The standard InChI is InChI=1S/C16H12N2O2/c19-16(20)14(11-5-2-1-3-6-11)9-12-10-18-15-13(12)7-4-8-17-15/h1-10H,(H,17,18)(H,19,20)/b14-9-. The molecule has 3 aromatic rings. The molecule has 4 nitrogen and oxygen atoms in total. The first-order valence-electron chi connectivity index (χ1n) is 6.18. The summed E-state index contributed by atoms with van der Waals surface area (Å²) in [6.45, 7) is 0. The number of H-pyrrole nitrogens is 1. The minimum Gasteiger partial charge on any atom is -0.478 e. The average Bonchev–Trinajstić information content (AvgIpc) is 2.88. The SMILES string of the molecule is O=C(O)/C(=C\c1c[nH]c2ncccc12)c1ccccc1. The van der Waals surface area contributed by atoms with Crippen LogP contribution in [0.1, 0.15) is 11.1 Å². The van der Waals surface area contributed by atoms with Gasteiger partial charge in [-0.25, -0.2) is 9.78 Å². The summed E-state index contributed by atoms with van der Waals surface area (Å²) in [7, 11) is 0. The van der Waals surface area contributed by atoms with Crippen molar-refractivity contribution in [2.75, 3.05) is 0 Å². The molecule has 3 rings (SSSR count). The molecule has 0 spiro atoms. The van der Waals surface area contributed by atoms with Gasteiger partial charge in [0.05, 0.1) is 5.57 Å². The summed E-state index contributed by atoms with van der Waals surface area (Å²) in [6.07, 6.45) is 5.13. The molecule has 0 amide bonds. The summed E-state index contributed by atoms with van der Waals surface area (Å²) < 4.78 is 0. The third-order valence-electron chi connectivity index (χ3n) is 3.10. The molecule has 0 aliphatic carbocycles. The van der Waals surface area contributed by atoms with Crippen LogP contribution in [0.3, 0.4) is 0 Å². The number of nitrogens with zero attached hydrogens (tertiary/aromatic N) is 1. The van der Waals surface area contributed by atoms with Crippen LogP contribution < -0.4 is 0 Å². The molecule has 0 unspecified atom stereocenters. The van der Waals surface area contributed by atoms with Gasteiger partial charge in [0.1, 0.15) is 5.65 Å². The smallest absolute Gasteiger partial charge is 0.336 e. The maximum absolute atomic E-state index is 11.5. The Bertz CT molecular complexity index is 788. The Morgan fingerprint density at radius 1 is 1.15 bits per heavy atom. The summed E-state index contributed by atoms with van der Waals surface area (Å²) in [6, 6.07) is 12.8. The van der Waals surface area contributed by atoms with Crippen LogP contribution in [0, 0.1) is 0 Å². The van der Waals surface area contributed by atoms with E-state index in [9.17, 15) is 9.90 Å². The third-order valence-corrected chi connectivity index (χ3v) is 3.10. The minimum atomic E-state index is -0.950. The summed E-state index contributed by atoms with van der Waals surface area (Å²) in [5.74, 6) is -0.950. The van der Waals surface area contributed by atoms with Crippen molar-refractivity contribution in [3.63, 3.8) is 0 Å². The molecular formula is C16H12N2O2. The number of aliphatic carboxylic acids is 1. The number of hydrogen-bond acceptors (Lipinski definition) is 2. The van der Waals surface area contributed by atoms with Gasteiger partial charge >= 0.3 is 5.97 Å². The Balaban J connectivity index is 2.15. The lowest BCUT2D eigenvalue weighted by atomic mass is 10.0. The summed E-state index contributed by atoms with van der Waals surface area (Å²) in [5.41, 5.74) is 2.50. The van der Waals surface area contributed by atoms with Gasteiger partial charge in [0.25, 0.3) is 0 Å². The largest absolute Gasteiger partial charge is 0.478 e. The van der Waals surface area contributed by atoms with E-state index in [2.05, 4.69) is 9.97 Å². The van der Waals surface area contributed by atoms with E-state index in [1.54, 1.807) is 30.6 Å². The number of benzene rings is 1. The van der Waals surface area contributed by atoms with Gasteiger partial charge in [-0.05, 0) is 23.8 Å². The number of carbonyl (C=O) groups is 1. The number of rotatable bonds is 3. The maximum Gasteiger partial charge on any atom is 0.336 e. The van der Waals surface area contributed by atoms with Crippen LogP contribution in [0.4, 0.5) is 0 Å². The molecule has 0 aliphatic rings. The topological polar surface area (TPSA) is 66.0 Å². The number of carboxylic acid groups (broad SMARTS) is 1. The number of aromatic amines is 1. The maximum atomic E-state index is 11.5. The Morgan fingerprint density at radius 2 is 1.95 bits per heavy atom. The Labute approximate surface area is 115 Å². The van der Waals surface area contributed by atoms with Gasteiger partial charge in [-0.3, -0.25) is 0 Å². The van der Waals surface area contributed by atoms with Crippen molar-refractivity contribution in [1.29, 1.82) is 0 Å². The van der Waals surface area contributed by atoms with Gasteiger partial charge in [-0.2, -0.15) is 0 Å². The fourth-order valence-corrected chi connectivity index (χ4v) is 2.14. The van der Waals surface area contributed by atoms with E-state index < -0.39 is 5.97 Å². The lowest BCUT2D eigenvalue weighted by molar-refractivity contribution is -0.130. The third kappa shape index (κ3) is 2.19. The van der Waals surface area contributed by atoms with E-state index in [0.717, 1.165) is 16.6 Å². The average molecular weight is 264 g/mol. The second-order valence-electron chi connectivity index (χ2n) is 4.37. The van der Waals surface area contributed by atoms with E-state index in [4.69, 9.17) is 0 Å². The molecule has 0 aliphatic heterocycles. The summed E-state index contributed by atoms with van der Waals surface area (Å²) >= 11 is 0. The number of aromatic nitrogens is 2. The van der Waals surface area contributed by atoms with Crippen LogP contribution in [0.15, 0.2) is 54.9 Å². The first-order valence-corrected chi connectivity index (χ1v) is 6.18. The molecule has 2 heterocycles. The predicted octanol–water partition coefficient (Wildman–Crippen LogP) is 3.19. The van der Waals surface area contributed by atoms with Gasteiger partial charge in [-0.1, -0.05) is 30.3 Å². The molecule has 0 saturated heterocycles. The number of nitrogens with one attached hydrogen (secondary N) is 1. The van der Waals surface area contributed by atoms with Crippen molar-refractivity contribution in [2.45, 2.75) is 0 Å². The lowest BCUT2D eigenvalue weighted by Gasteiger charge is -2.02. The molecule has 2 N–H and O–H groups in total. The Hall–Kier alpha value is -2.88. The second kappa shape index (κ2) is 5.01. The van der Waals surface area contributed by atoms with Crippen molar-refractivity contribution >= 4 is 28.7 Å². The highest BCUT2D eigenvalue weighted by Gasteiger charge is 2.11. The molecule has 0 saturated carbocycles. The van der Waals surface area contributed by atoms with Gasteiger partial charge in [0.2, 0.25) is 0 Å². The van der Waals surface area contributed by atoms with E-state index in [0.29, 0.717) is 5.56 Å². The molecule has 0 radical (unpaired) electrons. The first kappa shape index (κ1) is 12.2. The fraction of sp³-hybridized carbons (Fsp3) is 0. The van der Waals surface area contributed by atoms with Crippen molar-refractivity contribution in [3.05, 3.63) is 66.0 Å².